The van der Waals surface area contributed by atoms with Crippen LogP contribution in [0.5, 0.6) is 0 Å². The minimum Gasteiger partial charge on any atom is -0.364 e. The molecule has 6 rings (SSSR count). The van der Waals surface area contributed by atoms with Crippen molar-refractivity contribution < 1.29 is 0 Å². The van der Waals surface area contributed by atoms with E-state index in [0.717, 1.165) is 67.5 Å². The molecule has 2 N–H and O–H groups in total. The number of unbranched alkanes of at least 4 members (excludes halogenated alkanes) is 1. The van der Waals surface area contributed by atoms with Gasteiger partial charge in [0.1, 0.15) is 11.3 Å². The van der Waals surface area contributed by atoms with Gasteiger partial charge < -0.3 is 15.2 Å². The molecule has 0 spiro atoms. The molecule has 0 radical (unpaired) electrons. The highest BCUT2D eigenvalue weighted by atomic mass is 32.1. The topological polar surface area (TPSA) is 54.8 Å². The number of nitrogens with zero attached hydrogens (tertiary/aromatic N) is 3. The molecule has 1 fully saturated rings. The van der Waals surface area contributed by atoms with Crippen LogP contribution in [0.3, 0.4) is 0 Å². The van der Waals surface area contributed by atoms with Gasteiger partial charge in [-0.1, -0.05) is 56.5 Å². The van der Waals surface area contributed by atoms with Crippen molar-refractivity contribution in [1.29, 1.82) is 0 Å². The van der Waals surface area contributed by atoms with Gasteiger partial charge in [0.2, 0.25) is 0 Å². The zero-order valence-corrected chi connectivity index (χ0v) is 24.6. The second-order valence-corrected chi connectivity index (χ2v) is 13.1. The molecule has 5 nitrogen and oxygen atoms in total. The highest BCUT2D eigenvalue weighted by Crippen LogP contribution is 2.35. The Balaban J connectivity index is 1.43. The molecule has 39 heavy (non-hydrogen) atoms. The van der Waals surface area contributed by atoms with Crippen molar-refractivity contribution >= 4 is 49.2 Å². The Labute approximate surface area is 236 Å². The number of anilines is 1. The summed E-state index contributed by atoms with van der Waals surface area (Å²) in [5.41, 5.74) is 5.83. The van der Waals surface area contributed by atoms with E-state index < -0.39 is 0 Å². The fourth-order valence-corrected chi connectivity index (χ4v) is 6.54. The highest BCUT2D eigenvalue weighted by Gasteiger charge is 2.22. The fourth-order valence-electron chi connectivity index (χ4n) is 5.58. The maximum absolute atomic E-state index is 5.27. The fraction of sp³-hybridized carbons (Fsp3) is 0.455. The molecule has 1 aliphatic rings. The summed E-state index contributed by atoms with van der Waals surface area (Å²) in [6.07, 6.45) is 7.39. The molecule has 0 saturated heterocycles. The van der Waals surface area contributed by atoms with E-state index in [1.54, 1.807) is 0 Å². The van der Waals surface area contributed by atoms with Gasteiger partial charge in [0.25, 0.3) is 0 Å². The van der Waals surface area contributed by atoms with E-state index in [9.17, 15) is 0 Å². The number of benzene rings is 2. The third-order valence-electron chi connectivity index (χ3n) is 7.77. The lowest BCUT2D eigenvalue weighted by molar-refractivity contribution is 0.614. The Kier molecular flexibility index (Phi) is 7.34. The van der Waals surface area contributed by atoms with Crippen LogP contribution in [0.2, 0.25) is 0 Å². The summed E-state index contributed by atoms with van der Waals surface area (Å²) in [7, 11) is 0. The van der Waals surface area contributed by atoms with Gasteiger partial charge in [-0.25, -0.2) is 9.97 Å². The van der Waals surface area contributed by atoms with Crippen molar-refractivity contribution in [3.63, 3.8) is 0 Å². The molecule has 3 aromatic heterocycles. The van der Waals surface area contributed by atoms with Crippen molar-refractivity contribution in [2.24, 2.45) is 5.92 Å². The lowest BCUT2D eigenvalue weighted by Gasteiger charge is -2.22. The first-order valence-corrected chi connectivity index (χ1v) is 15.5. The van der Waals surface area contributed by atoms with Gasteiger partial charge in [-0.2, -0.15) is 0 Å². The average molecular weight is 540 g/mol. The number of fused-ring (bicyclic) bond motifs is 4. The number of aryl methyl sites for hydroxylation is 1. The maximum Gasteiger partial charge on any atom is 0.155 e. The zero-order valence-electron chi connectivity index (χ0n) is 23.8. The number of pyridine rings is 1. The van der Waals surface area contributed by atoms with E-state index >= 15 is 0 Å². The molecule has 1 saturated carbocycles. The van der Waals surface area contributed by atoms with Gasteiger partial charge in [0.05, 0.1) is 17.6 Å². The molecule has 0 atom stereocenters. The number of hydrogen-bond acceptors (Lipinski definition) is 5. The van der Waals surface area contributed by atoms with Crippen LogP contribution in [-0.2, 0) is 19.5 Å². The molecule has 0 bridgehead atoms. The first-order chi connectivity index (χ1) is 18.9. The molecule has 3 heterocycles. The normalized spacial score (nSPS) is 14.2. The molecule has 1 aliphatic carbocycles. The van der Waals surface area contributed by atoms with E-state index in [4.69, 9.17) is 9.97 Å². The summed E-state index contributed by atoms with van der Waals surface area (Å²) in [6, 6.07) is 15.5. The molecule has 0 unspecified atom stereocenters. The second kappa shape index (κ2) is 10.9. The van der Waals surface area contributed by atoms with E-state index in [-0.39, 0.29) is 5.54 Å². The minimum atomic E-state index is -0.110. The smallest absolute Gasteiger partial charge is 0.155 e. The van der Waals surface area contributed by atoms with Gasteiger partial charge in [-0.15, -0.1) is 11.3 Å². The monoisotopic (exact) mass is 539 g/mol. The van der Waals surface area contributed by atoms with Crippen LogP contribution in [-0.4, -0.2) is 26.6 Å². The Morgan fingerprint density at radius 1 is 1.00 bits per heavy atom. The second-order valence-electron chi connectivity index (χ2n) is 12.2. The Bertz CT molecular complexity index is 1600. The Hall–Kier alpha value is -2.96. The molecule has 6 heteroatoms. The van der Waals surface area contributed by atoms with E-state index in [1.807, 2.05) is 11.3 Å². The first kappa shape index (κ1) is 26.3. The largest absolute Gasteiger partial charge is 0.364 e. The number of para-hydroxylation sites is 1. The number of hydrogen-bond donors (Lipinski definition) is 2. The predicted octanol–water partition coefficient (Wildman–Crippen LogP) is 8.29. The Morgan fingerprint density at radius 2 is 1.82 bits per heavy atom. The third kappa shape index (κ3) is 5.68. The molecular weight excluding hydrogens is 498 g/mol. The van der Waals surface area contributed by atoms with Crippen LogP contribution in [0, 0.1) is 5.92 Å². The van der Waals surface area contributed by atoms with Crippen LogP contribution in [0.25, 0.3) is 32.0 Å². The first-order valence-electron chi connectivity index (χ1n) is 14.7. The van der Waals surface area contributed by atoms with E-state index in [0.29, 0.717) is 0 Å². The van der Waals surface area contributed by atoms with Crippen LogP contribution in [0.4, 0.5) is 5.82 Å². The van der Waals surface area contributed by atoms with E-state index in [2.05, 4.69) is 90.7 Å². The van der Waals surface area contributed by atoms with Crippen molar-refractivity contribution in [2.75, 3.05) is 11.9 Å². The quantitative estimate of drug-likeness (QED) is 0.166. The van der Waals surface area contributed by atoms with Crippen molar-refractivity contribution in [3.05, 3.63) is 64.8 Å². The highest BCUT2D eigenvalue weighted by molar-refractivity contribution is 7.17. The average Bonchev–Trinajstić information content (AvgIpc) is 3.46. The van der Waals surface area contributed by atoms with Gasteiger partial charge in [-0.3, -0.25) is 0 Å². The summed E-state index contributed by atoms with van der Waals surface area (Å²) in [4.78, 5) is 10.3. The lowest BCUT2D eigenvalue weighted by atomic mass is 10.1. The van der Waals surface area contributed by atoms with Gasteiger partial charge in [0.15, 0.2) is 5.82 Å². The van der Waals surface area contributed by atoms with Crippen LogP contribution < -0.4 is 10.6 Å². The van der Waals surface area contributed by atoms with Gasteiger partial charge >= 0.3 is 0 Å². The van der Waals surface area contributed by atoms with Gasteiger partial charge in [-0.05, 0) is 80.1 Å². The van der Waals surface area contributed by atoms with Gasteiger partial charge in [0, 0.05) is 28.6 Å². The van der Waals surface area contributed by atoms with Crippen molar-refractivity contribution in [3.8, 4) is 0 Å². The molecule has 0 amide bonds. The number of thiophene rings is 1. The number of rotatable bonds is 11. The van der Waals surface area contributed by atoms with Crippen LogP contribution in [0.1, 0.15) is 76.8 Å². The molecule has 204 valence electrons. The minimum absolute atomic E-state index is 0.110. The van der Waals surface area contributed by atoms with Crippen LogP contribution in [0.15, 0.2) is 47.8 Å². The third-order valence-corrected chi connectivity index (χ3v) is 8.76. The summed E-state index contributed by atoms with van der Waals surface area (Å²) < 4.78 is 3.88. The number of nitrogens with one attached hydrogen (secondary N) is 2. The summed E-state index contributed by atoms with van der Waals surface area (Å²) in [6.45, 7) is 11.7. The van der Waals surface area contributed by atoms with Crippen LogP contribution >= 0.6 is 11.3 Å². The standard InChI is InChI=1S/C33H41N5S/c1-5-6-11-28-36-29-30(26-9-7-8-10-27(26)35-32(29)37-33(2,3)4)38(28)21-24-15-14-23(31-25(24)17-19-39-31)20-34-18-16-22-12-13-22/h7-10,14-15,17,19,22,34H,5-6,11-13,16,18,20-21H2,1-4H3,(H,35,37). The molecule has 0 aliphatic heterocycles. The summed E-state index contributed by atoms with van der Waals surface area (Å²) in [5, 5.41) is 12.1. The summed E-state index contributed by atoms with van der Waals surface area (Å²) in [5.74, 6) is 3.00. The number of imidazole rings is 1. The lowest BCUT2D eigenvalue weighted by Crippen LogP contribution is -2.26. The predicted molar refractivity (Wildman–Crippen MR) is 167 cm³/mol. The number of aromatic nitrogens is 3. The maximum atomic E-state index is 5.27. The van der Waals surface area contributed by atoms with E-state index in [1.165, 1.54) is 51.4 Å². The SMILES string of the molecule is CCCCc1nc2c(NC(C)(C)C)nc3ccccc3c2n1Cc1ccc(CNCCC2CC2)c2sccc12. The molecule has 5 aromatic rings. The molecular formula is C33H41N5S. The summed E-state index contributed by atoms with van der Waals surface area (Å²) >= 11 is 1.87. The van der Waals surface area contributed by atoms with Crippen molar-refractivity contribution in [2.45, 2.75) is 84.8 Å². The zero-order chi connectivity index (χ0) is 27.0. The van der Waals surface area contributed by atoms with Crippen molar-refractivity contribution in [1.82, 2.24) is 19.9 Å². The molecule has 2 aromatic carbocycles. The Morgan fingerprint density at radius 3 is 2.62 bits per heavy atom.